The summed E-state index contributed by atoms with van der Waals surface area (Å²) < 4.78 is 43.5. The summed E-state index contributed by atoms with van der Waals surface area (Å²) in [6.45, 7) is 3.72. The largest absolute Gasteiger partial charge is 0.482 e. The van der Waals surface area contributed by atoms with Gasteiger partial charge < -0.3 is 15.2 Å². The molecule has 166 valence electrons. The molecule has 0 saturated carbocycles. The molecular formula is C20H22F3N5O3. The molecule has 0 saturated heterocycles. The van der Waals surface area contributed by atoms with E-state index in [1.807, 2.05) is 6.92 Å². The number of aryl methyl sites for hydroxylation is 1. The monoisotopic (exact) mass is 437 g/mol. The third kappa shape index (κ3) is 5.48. The smallest absolute Gasteiger partial charge is 0.422 e. The van der Waals surface area contributed by atoms with E-state index in [-0.39, 0.29) is 24.0 Å². The minimum Gasteiger partial charge on any atom is -0.482 e. The number of halogens is 3. The molecule has 3 rings (SSSR count). The molecule has 1 unspecified atom stereocenters. The first-order chi connectivity index (χ1) is 14.5. The van der Waals surface area contributed by atoms with Gasteiger partial charge in [-0.3, -0.25) is 19.4 Å². The molecule has 2 N–H and O–H groups in total. The maximum absolute atomic E-state index is 12.4. The van der Waals surface area contributed by atoms with Gasteiger partial charge in [0.15, 0.2) is 6.61 Å². The molecule has 0 aliphatic rings. The third-order valence-electron chi connectivity index (χ3n) is 4.52. The number of hydrogen-bond donors (Lipinski definition) is 2. The van der Waals surface area contributed by atoms with Crippen LogP contribution in [0.2, 0.25) is 0 Å². The zero-order valence-electron chi connectivity index (χ0n) is 17.1. The molecule has 8 nitrogen and oxygen atoms in total. The molecule has 0 fully saturated rings. The van der Waals surface area contributed by atoms with Crippen LogP contribution in [0.1, 0.15) is 41.6 Å². The Kier molecular flexibility index (Phi) is 6.44. The summed E-state index contributed by atoms with van der Waals surface area (Å²) >= 11 is 0. The predicted octanol–water partition coefficient (Wildman–Crippen LogP) is 2.80. The molecular weight excluding hydrogens is 415 g/mol. The van der Waals surface area contributed by atoms with Gasteiger partial charge in [0, 0.05) is 18.9 Å². The average molecular weight is 437 g/mol. The number of fused-ring (bicyclic) bond motifs is 1. The van der Waals surface area contributed by atoms with E-state index < -0.39 is 24.8 Å². The van der Waals surface area contributed by atoms with Gasteiger partial charge >= 0.3 is 6.18 Å². The number of amides is 1. The number of nitrogens with zero attached hydrogens (tertiary/aromatic N) is 4. The standard InChI is InChI=1S/C20H22F3N5O3/c1-11-6-16(25-8-17(11)31-10-20(21,22)23)13(3)28-9-14-15(27-28)4-5-24-18(14)19(30)26-7-12(2)29/h4-6,8-9,12-13,29H,7,10H2,1-3H3,(H,26,30)/t12-,13?/m0/s1. The molecule has 0 radical (unpaired) electrons. The molecule has 3 aromatic heterocycles. The lowest BCUT2D eigenvalue weighted by atomic mass is 10.1. The number of carbonyl (C=O) groups excluding carboxylic acids is 1. The van der Waals surface area contributed by atoms with Crippen molar-refractivity contribution >= 4 is 16.8 Å². The second-order valence-electron chi connectivity index (χ2n) is 7.22. The number of carbonyl (C=O) groups is 1. The van der Waals surface area contributed by atoms with Gasteiger partial charge in [-0.05, 0) is 38.5 Å². The van der Waals surface area contributed by atoms with E-state index >= 15 is 0 Å². The zero-order chi connectivity index (χ0) is 22.8. The Morgan fingerprint density at radius 2 is 2.06 bits per heavy atom. The SMILES string of the molecule is Cc1cc(C(C)n2cc3c(C(=O)NC[C@H](C)O)nccc3n2)ncc1OCC(F)(F)F. The highest BCUT2D eigenvalue weighted by atomic mass is 19.4. The summed E-state index contributed by atoms with van der Waals surface area (Å²) in [6, 6.07) is 2.93. The molecule has 3 aromatic rings. The molecule has 0 spiro atoms. The van der Waals surface area contributed by atoms with Gasteiger partial charge in [0.05, 0.1) is 34.9 Å². The first-order valence-electron chi connectivity index (χ1n) is 9.51. The normalized spacial score (nSPS) is 13.8. The molecule has 1 amide bonds. The average Bonchev–Trinajstić information content (AvgIpc) is 3.14. The highest BCUT2D eigenvalue weighted by Gasteiger charge is 2.29. The van der Waals surface area contributed by atoms with Gasteiger partial charge in [-0.15, -0.1) is 0 Å². The van der Waals surface area contributed by atoms with E-state index in [4.69, 9.17) is 4.74 Å². The summed E-state index contributed by atoms with van der Waals surface area (Å²) in [6.07, 6.45) is -0.733. The number of pyridine rings is 2. The minimum atomic E-state index is -4.43. The van der Waals surface area contributed by atoms with Gasteiger partial charge in [-0.25, -0.2) is 0 Å². The van der Waals surface area contributed by atoms with Gasteiger partial charge in [-0.2, -0.15) is 18.3 Å². The highest BCUT2D eigenvalue weighted by molar-refractivity contribution is 6.04. The summed E-state index contributed by atoms with van der Waals surface area (Å²) in [5, 5.41) is 17.0. The van der Waals surface area contributed by atoms with Crippen LogP contribution in [0.5, 0.6) is 5.75 Å². The summed E-state index contributed by atoms with van der Waals surface area (Å²) in [5.41, 5.74) is 1.80. The number of nitrogens with one attached hydrogen (secondary N) is 1. The van der Waals surface area contributed by atoms with Crippen LogP contribution in [0.4, 0.5) is 13.2 Å². The van der Waals surface area contributed by atoms with E-state index in [9.17, 15) is 23.1 Å². The van der Waals surface area contributed by atoms with Gasteiger partial charge in [-0.1, -0.05) is 0 Å². The summed E-state index contributed by atoms with van der Waals surface area (Å²) in [7, 11) is 0. The van der Waals surface area contributed by atoms with Gasteiger partial charge in [0.2, 0.25) is 0 Å². The van der Waals surface area contributed by atoms with E-state index in [1.165, 1.54) is 12.4 Å². The second-order valence-corrected chi connectivity index (χ2v) is 7.22. The quantitative estimate of drug-likeness (QED) is 0.589. The van der Waals surface area contributed by atoms with Gasteiger partial charge in [0.25, 0.3) is 5.91 Å². The Morgan fingerprint density at radius 1 is 1.32 bits per heavy atom. The van der Waals surface area contributed by atoms with Crippen molar-refractivity contribution in [3.63, 3.8) is 0 Å². The van der Waals surface area contributed by atoms with Crippen molar-refractivity contribution < 1.29 is 27.8 Å². The summed E-state index contributed by atoms with van der Waals surface area (Å²) in [4.78, 5) is 20.7. The fourth-order valence-corrected chi connectivity index (χ4v) is 2.91. The van der Waals surface area contributed by atoms with E-state index in [2.05, 4.69) is 20.4 Å². The van der Waals surface area contributed by atoms with Crippen LogP contribution in [0.25, 0.3) is 10.9 Å². The Hall–Kier alpha value is -3.21. The lowest BCUT2D eigenvalue weighted by Crippen LogP contribution is -2.31. The maximum Gasteiger partial charge on any atom is 0.422 e. The van der Waals surface area contributed by atoms with E-state index in [0.29, 0.717) is 22.2 Å². The number of hydrogen-bond acceptors (Lipinski definition) is 6. The maximum atomic E-state index is 12.4. The Morgan fingerprint density at radius 3 is 2.71 bits per heavy atom. The highest BCUT2D eigenvalue weighted by Crippen LogP contribution is 2.26. The first kappa shape index (κ1) is 22.5. The van der Waals surface area contributed by atoms with Crippen LogP contribution < -0.4 is 10.1 Å². The Bertz CT molecular complexity index is 1080. The summed E-state index contributed by atoms with van der Waals surface area (Å²) in [5.74, 6) is -0.376. The van der Waals surface area contributed by atoms with Crippen molar-refractivity contribution in [2.24, 2.45) is 0 Å². The zero-order valence-corrected chi connectivity index (χ0v) is 17.1. The van der Waals surface area contributed by atoms with Crippen LogP contribution in [-0.2, 0) is 0 Å². The lowest BCUT2D eigenvalue weighted by molar-refractivity contribution is -0.153. The van der Waals surface area contributed by atoms with Crippen LogP contribution in [-0.4, -0.2) is 56.2 Å². The van der Waals surface area contributed by atoms with E-state index in [1.54, 1.807) is 36.9 Å². The molecule has 0 aromatic carbocycles. The molecule has 31 heavy (non-hydrogen) atoms. The van der Waals surface area contributed by atoms with Crippen LogP contribution in [0, 0.1) is 6.92 Å². The van der Waals surface area contributed by atoms with E-state index in [0.717, 1.165) is 0 Å². The van der Waals surface area contributed by atoms with Crippen molar-refractivity contribution in [1.29, 1.82) is 0 Å². The lowest BCUT2D eigenvalue weighted by Gasteiger charge is -2.15. The molecule has 0 aliphatic carbocycles. The van der Waals surface area contributed by atoms with Crippen molar-refractivity contribution in [2.45, 2.75) is 39.1 Å². The number of alkyl halides is 3. The van der Waals surface area contributed by atoms with Crippen LogP contribution >= 0.6 is 0 Å². The Balaban J connectivity index is 1.84. The molecule has 2 atom stereocenters. The number of aromatic nitrogens is 4. The molecule has 3 heterocycles. The number of aliphatic hydroxyl groups excluding tert-OH is 1. The third-order valence-corrected chi connectivity index (χ3v) is 4.52. The van der Waals surface area contributed by atoms with Crippen molar-refractivity contribution in [2.75, 3.05) is 13.2 Å². The number of ether oxygens (including phenoxy) is 1. The van der Waals surface area contributed by atoms with Crippen molar-refractivity contribution in [3.8, 4) is 5.75 Å². The van der Waals surface area contributed by atoms with Crippen molar-refractivity contribution in [1.82, 2.24) is 25.1 Å². The first-order valence-corrected chi connectivity index (χ1v) is 9.51. The van der Waals surface area contributed by atoms with Gasteiger partial charge in [0.1, 0.15) is 11.4 Å². The fraction of sp³-hybridized carbons (Fsp3) is 0.400. The second kappa shape index (κ2) is 8.88. The van der Waals surface area contributed by atoms with Crippen molar-refractivity contribution in [3.05, 3.63) is 47.7 Å². The molecule has 11 heteroatoms. The Labute approximate surface area is 176 Å². The molecule has 0 aliphatic heterocycles. The predicted molar refractivity (Wildman–Crippen MR) is 106 cm³/mol. The topological polar surface area (TPSA) is 102 Å². The van der Waals surface area contributed by atoms with Crippen LogP contribution in [0.3, 0.4) is 0 Å². The van der Waals surface area contributed by atoms with Crippen LogP contribution in [0.15, 0.2) is 30.7 Å². The number of rotatable bonds is 7. The number of aliphatic hydroxyl groups is 1. The fourth-order valence-electron chi connectivity index (χ4n) is 2.91. The molecule has 0 bridgehead atoms. The minimum absolute atomic E-state index is 0.0557.